The molecule has 0 amide bonds. The standard InChI is InChI=1S/C12H15BrClN3/c13-9-7-11(14)12(15-8-9)17-5-3-16(4-6-17)10-1-2-10/h7-8,10H,1-6H2. The first-order valence-corrected chi connectivity index (χ1v) is 7.21. The number of halogens is 2. The SMILES string of the molecule is Clc1cc(Br)cnc1N1CCN(C2CC2)CC1. The highest BCUT2D eigenvalue weighted by atomic mass is 79.9. The van der Waals surface area contributed by atoms with Gasteiger partial charge in [-0.15, -0.1) is 0 Å². The van der Waals surface area contributed by atoms with Crippen LogP contribution >= 0.6 is 27.5 Å². The molecule has 1 saturated carbocycles. The lowest BCUT2D eigenvalue weighted by molar-refractivity contribution is 0.247. The number of hydrogen-bond donors (Lipinski definition) is 0. The van der Waals surface area contributed by atoms with Crippen LogP contribution in [0.4, 0.5) is 5.82 Å². The molecule has 0 spiro atoms. The summed E-state index contributed by atoms with van der Waals surface area (Å²) >= 11 is 9.61. The molecule has 92 valence electrons. The van der Waals surface area contributed by atoms with E-state index in [2.05, 4.69) is 30.7 Å². The molecule has 2 heterocycles. The third kappa shape index (κ3) is 2.59. The van der Waals surface area contributed by atoms with Crippen molar-refractivity contribution in [3.05, 3.63) is 21.8 Å². The van der Waals surface area contributed by atoms with Crippen LogP contribution in [0.15, 0.2) is 16.7 Å². The van der Waals surface area contributed by atoms with Gasteiger partial charge in [-0.2, -0.15) is 0 Å². The van der Waals surface area contributed by atoms with Crippen LogP contribution in [0.2, 0.25) is 5.02 Å². The van der Waals surface area contributed by atoms with Crippen LogP contribution in [0.3, 0.4) is 0 Å². The number of nitrogens with zero attached hydrogens (tertiary/aromatic N) is 3. The van der Waals surface area contributed by atoms with E-state index in [-0.39, 0.29) is 0 Å². The molecule has 1 aromatic heterocycles. The fraction of sp³-hybridized carbons (Fsp3) is 0.583. The molecule has 0 N–H and O–H groups in total. The van der Waals surface area contributed by atoms with Crippen LogP contribution < -0.4 is 4.90 Å². The zero-order valence-electron chi connectivity index (χ0n) is 9.57. The van der Waals surface area contributed by atoms with E-state index in [4.69, 9.17) is 11.6 Å². The van der Waals surface area contributed by atoms with Gasteiger partial charge in [0, 0.05) is 42.9 Å². The molecule has 1 aliphatic heterocycles. The molecule has 5 heteroatoms. The molecular formula is C12H15BrClN3. The van der Waals surface area contributed by atoms with Crippen molar-refractivity contribution >= 4 is 33.3 Å². The number of pyridine rings is 1. The number of hydrogen-bond acceptors (Lipinski definition) is 3. The Hall–Kier alpha value is -0.320. The van der Waals surface area contributed by atoms with Gasteiger partial charge >= 0.3 is 0 Å². The van der Waals surface area contributed by atoms with Crippen molar-refractivity contribution < 1.29 is 0 Å². The lowest BCUT2D eigenvalue weighted by Gasteiger charge is -2.35. The molecule has 0 radical (unpaired) electrons. The summed E-state index contributed by atoms with van der Waals surface area (Å²) in [5.41, 5.74) is 0. The summed E-state index contributed by atoms with van der Waals surface area (Å²) in [6, 6.07) is 2.78. The first-order chi connectivity index (χ1) is 8.24. The average Bonchev–Trinajstić information content (AvgIpc) is 3.13. The molecule has 1 aliphatic carbocycles. The summed E-state index contributed by atoms with van der Waals surface area (Å²) in [7, 11) is 0. The number of aromatic nitrogens is 1. The second-order valence-corrected chi connectivity index (χ2v) is 6.04. The van der Waals surface area contributed by atoms with E-state index < -0.39 is 0 Å². The average molecular weight is 317 g/mol. The number of anilines is 1. The Labute approximate surface area is 115 Å². The molecular weight excluding hydrogens is 302 g/mol. The second kappa shape index (κ2) is 4.75. The van der Waals surface area contributed by atoms with Gasteiger partial charge in [0.25, 0.3) is 0 Å². The van der Waals surface area contributed by atoms with E-state index in [1.165, 1.54) is 12.8 Å². The Morgan fingerprint density at radius 2 is 1.94 bits per heavy atom. The Morgan fingerprint density at radius 3 is 2.53 bits per heavy atom. The van der Waals surface area contributed by atoms with E-state index in [0.29, 0.717) is 0 Å². The Bertz CT molecular complexity index is 414. The van der Waals surface area contributed by atoms with E-state index in [1.54, 1.807) is 0 Å². The van der Waals surface area contributed by atoms with Crippen molar-refractivity contribution in [2.45, 2.75) is 18.9 Å². The van der Waals surface area contributed by atoms with Crippen molar-refractivity contribution in [3.8, 4) is 0 Å². The molecule has 1 aromatic rings. The van der Waals surface area contributed by atoms with Crippen LogP contribution in [-0.2, 0) is 0 Å². The van der Waals surface area contributed by atoms with Gasteiger partial charge in [0.05, 0.1) is 5.02 Å². The lowest BCUT2D eigenvalue weighted by Crippen LogP contribution is -2.47. The highest BCUT2D eigenvalue weighted by molar-refractivity contribution is 9.10. The van der Waals surface area contributed by atoms with E-state index in [1.807, 2.05) is 12.3 Å². The maximum Gasteiger partial charge on any atom is 0.147 e. The largest absolute Gasteiger partial charge is 0.353 e. The molecule has 2 fully saturated rings. The van der Waals surface area contributed by atoms with Gasteiger partial charge in [-0.05, 0) is 34.8 Å². The van der Waals surface area contributed by atoms with Crippen LogP contribution in [0.1, 0.15) is 12.8 Å². The van der Waals surface area contributed by atoms with Gasteiger partial charge in [0.1, 0.15) is 5.82 Å². The third-order valence-electron chi connectivity index (χ3n) is 3.47. The fourth-order valence-corrected chi connectivity index (χ4v) is 3.13. The molecule has 1 saturated heterocycles. The zero-order chi connectivity index (χ0) is 11.8. The van der Waals surface area contributed by atoms with Crippen LogP contribution in [-0.4, -0.2) is 42.1 Å². The molecule has 3 nitrogen and oxygen atoms in total. The van der Waals surface area contributed by atoms with Crippen LogP contribution in [0.25, 0.3) is 0 Å². The Balaban J connectivity index is 1.68. The summed E-state index contributed by atoms with van der Waals surface area (Å²) in [4.78, 5) is 9.29. The summed E-state index contributed by atoms with van der Waals surface area (Å²) in [5.74, 6) is 0.922. The van der Waals surface area contributed by atoms with Gasteiger partial charge in [-0.25, -0.2) is 4.98 Å². The molecule has 0 atom stereocenters. The quantitative estimate of drug-likeness (QED) is 0.836. The predicted octanol–water partition coefficient (Wildman–Crippen LogP) is 2.78. The van der Waals surface area contributed by atoms with Crippen LogP contribution in [0.5, 0.6) is 0 Å². The van der Waals surface area contributed by atoms with Gasteiger partial charge in [-0.3, -0.25) is 4.90 Å². The monoisotopic (exact) mass is 315 g/mol. The number of piperazine rings is 1. The highest BCUT2D eigenvalue weighted by Gasteiger charge is 2.31. The first kappa shape index (κ1) is 11.8. The summed E-state index contributed by atoms with van der Waals surface area (Å²) < 4.78 is 0.933. The van der Waals surface area contributed by atoms with Gasteiger partial charge < -0.3 is 4.90 Å². The summed E-state index contributed by atoms with van der Waals surface area (Å²) in [6.45, 7) is 4.34. The normalized spacial score (nSPS) is 21.9. The highest BCUT2D eigenvalue weighted by Crippen LogP contribution is 2.30. The summed E-state index contributed by atoms with van der Waals surface area (Å²) in [6.07, 6.45) is 4.59. The molecule has 0 unspecified atom stereocenters. The van der Waals surface area contributed by atoms with E-state index in [0.717, 1.165) is 47.5 Å². The Morgan fingerprint density at radius 1 is 1.24 bits per heavy atom. The van der Waals surface area contributed by atoms with E-state index in [9.17, 15) is 0 Å². The lowest BCUT2D eigenvalue weighted by atomic mass is 10.3. The molecule has 2 aliphatic rings. The van der Waals surface area contributed by atoms with Gasteiger partial charge in [-0.1, -0.05) is 11.6 Å². The van der Waals surface area contributed by atoms with Crippen molar-refractivity contribution in [1.29, 1.82) is 0 Å². The topological polar surface area (TPSA) is 19.4 Å². The second-order valence-electron chi connectivity index (χ2n) is 4.71. The minimum absolute atomic E-state index is 0.735. The molecule has 0 aromatic carbocycles. The molecule has 0 bridgehead atoms. The van der Waals surface area contributed by atoms with Crippen LogP contribution in [0, 0.1) is 0 Å². The van der Waals surface area contributed by atoms with E-state index >= 15 is 0 Å². The maximum absolute atomic E-state index is 6.23. The number of rotatable bonds is 2. The van der Waals surface area contributed by atoms with Crippen molar-refractivity contribution in [1.82, 2.24) is 9.88 Å². The van der Waals surface area contributed by atoms with Crippen molar-refractivity contribution in [2.75, 3.05) is 31.1 Å². The Kier molecular flexibility index (Phi) is 3.28. The molecule has 3 rings (SSSR count). The molecule has 17 heavy (non-hydrogen) atoms. The minimum Gasteiger partial charge on any atom is -0.353 e. The van der Waals surface area contributed by atoms with Crippen molar-refractivity contribution in [2.24, 2.45) is 0 Å². The minimum atomic E-state index is 0.735. The third-order valence-corrected chi connectivity index (χ3v) is 4.18. The predicted molar refractivity (Wildman–Crippen MR) is 73.8 cm³/mol. The van der Waals surface area contributed by atoms with Gasteiger partial charge in [0.2, 0.25) is 0 Å². The van der Waals surface area contributed by atoms with Crippen molar-refractivity contribution in [3.63, 3.8) is 0 Å². The smallest absolute Gasteiger partial charge is 0.147 e. The van der Waals surface area contributed by atoms with Gasteiger partial charge in [0.15, 0.2) is 0 Å². The maximum atomic E-state index is 6.23. The zero-order valence-corrected chi connectivity index (χ0v) is 11.9. The summed E-state index contributed by atoms with van der Waals surface area (Å²) in [5, 5.41) is 0.735. The fourth-order valence-electron chi connectivity index (χ4n) is 2.38. The first-order valence-electron chi connectivity index (χ1n) is 6.04.